The van der Waals surface area contributed by atoms with Gasteiger partial charge in [-0.25, -0.2) is 9.97 Å². The van der Waals surface area contributed by atoms with Crippen LogP contribution in [0, 0.1) is 6.92 Å². The highest BCUT2D eigenvalue weighted by Gasteiger charge is 2.15. The van der Waals surface area contributed by atoms with Crippen LogP contribution < -0.4 is 0 Å². The van der Waals surface area contributed by atoms with Crippen LogP contribution in [0.3, 0.4) is 0 Å². The highest BCUT2D eigenvalue weighted by Crippen LogP contribution is 2.25. The topological polar surface area (TPSA) is 49.2 Å². The zero-order chi connectivity index (χ0) is 13.8. The number of hydrogen-bond donors (Lipinski definition) is 0. The van der Waals surface area contributed by atoms with E-state index in [0.717, 1.165) is 16.6 Å². The molecule has 0 saturated heterocycles. The largest absolute Gasteiger partial charge is 0.351 e. The van der Waals surface area contributed by atoms with Crippen LogP contribution in [0.4, 0.5) is 0 Å². The molecular formula is C13H18ClN3O2. The fourth-order valence-corrected chi connectivity index (χ4v) is 2.37. The molecule has 2 heterocycles. The average Bonchev–Trinajstić information content (AvgIpc) is 2.68. The summed E-state index contributed by atoms with van der Waals surface area (Å²) >= 11 is 6.11. The molecule has 2 aromatic rings. The van der Waals surface area contributed by atoms with E-state index < -0.39 is 0 Å². The maximum atomic E-state index is 6.11. The van der Waals surface area contributed by atoms with E-state index in [2.05, 4.69) is 9.97 Å². The van der Waals surface area contributed by atoms with Crippen molar-refractivity contribution in [2.24, 2.45) is 0 Å². The molecule has 2 aromatic heterocycles. The van der Waals surface area contributed by atoms with E-state index in [4.69, 9.17) is 21.1 Å². The molecule has 6 heteroatoms. The molecular weight excluding hydrogens is 266 g/mol. The summed E-state index contributed by atoms with van der Waals surface area (Å²) in [5.41, 5.74) is 1.86. The fraction of sp³-hybridized carbons (Fsp3) is 0.538. The van der Waals surface area contributed by atoms with Crippen molar-refractivity contribution < 1.29 is 9.47 Å². The molecule has 0 radical (unpaired) electrons. The van der Waals surface area contributed by atoms with Crippen molar-refractivity contribution in [2.45, 2.75) is 33.6 Å². The minimum Gasteiger partial charge on any atom is -0.351 e. The second-order valence-corrected chi connectivity index (χ2v) is 4.53. The van der Waals surface area contributed by atoms with Crippen LogP contribution in [0.5, 0.6) is 0 Å². The molecule has 0 aliphatic carbocycles. The van der Waals surface area contributed by atoms with Gasteiger partial charge in [-0.1, -0.05) is 11.6 Å². The van der Waals surface area contributed by atoms with Gasteiger partial charge in [-0.05, 0) is 26.3 Å². The van der Waals surface area contributed by atoms with E-state index in [-0.39, 0.29) is 6.29 Å². The predicted molar refractivity (Wildman–Crippen MR) is 74.3 cm³/mol. The number of aromatic nitrogens is 3. The number of rotatable bonds is 6. The molecule has 0 aromatic carbocycles. The van der Waals surface area contributed by atoms with Crippen LogP contribution >= 0.6 is 11.6 Å². The summed E-state index contributed by atoms with van der Waals surface area (Å²) in [6, 6.07) is 0. The van der Waals surface area contributed by atoms with Crippen LogP contribution in [0.1, 0.15) is 19.4 Å². The number of nitrogens with zero attached hydrogens (tertiary/aromatic N) is 3. The van der Waals surface area contributed by atoms with Gasteiger partial charge in [0.2, 0.25) is 0 Å². The first-order valence-corrected chi connectivity index (χ1v) is 6.74. The molecule has 2 rings (SSSR count). The van der Waals surface area contributed by atoms with Gasteiger partial charge < -0.3 is 14.0 Å². The Morgan fingerprint density at radius 3 is 2.58 bits per heavy atom. The van der Waals surface area contributed by atoms with Crippen molar-refractivity contribution >= 4 is 22.6 Å². The third-order valence-electron chi connectivity index (χ3n) is 2.85. The Balaban J connectivity index is 2.32. The summed E-state index contributed by atoms with van der Waals surface area (Å²) in [5, 5.41) is 1.36. The molecule has 5 nitrogen and oxygen atoms in total. The van der Waals surface area contributed by atoms with Gasteiger partial charge in [0.05, 0.1) is 11.9 Å². The molecule has 104 valence electrons. The number of hydrogen-bond acceptors (Lipinski definition) is 4. The van der Waals surface area contributed by atoms with E-state index >= 15 is 0 Å². The monoisotopic (exact) mass is 283 g/mol. The minimum absolute atomic E-state index is 0.279. The molecule has 0 amide bonds. The summed E-state index contributed by atoms with van der Waals surface area (Å²) in [4.78, 5) is 8.30. The molecule has 0 aliphatic heterocycles. The third kappa shape index (κ3) is 3.05. The highest BCUT2D eigenvalue weighted by atomic mass is 35.5. The SMILES string of the molecule is CCOC(Cn1cc(C)c2c(Cl)ncnc21)OCC. The zero-order valence-corrected chi connectivity index (χ0v) is 12.1. The highest BCUT2D eigenvalue weighted by molar-refractivity contribution is 6.34. The van der Waals surface area contributed by atoms with Gasteiger partial charge in [0.15, 0.2) is 6.29 Å². The van der Waals surface area contributed by atoms with E-state index in [0.29, 0.717) is 24.9 Å². The Labute approximate surface area is 117 Å². The Kier molecular flexibility index (Phi) is 4.74. The normalized spacial score (nSPS) is 11.6. The smallest absolute Gasteiger partial charge is 0.175 e. The Morgan fingerprint density at radius 2 is 1.95 bits per heavy atom. The van der Waals surface area contributed by atoms with Crippen molar-refractivity contribution in [3.05, 3.63) is 23.2 Å². The molecule has 0 spiro atoms. The first-order chi connectivity index (χ1) is 9.17. The Bertz CT molecular complexity index is 550. The first kappa shape index (κ1) is 14.2. The average molecular weight is 284 g/mol. The van der Waals surface area contributed by atoms with E-state index in [1.54, 1.807) is 0 Å². The summed E-state index contributed by atoms with van der Waals surface area (Å²) in [5.74, 6) is 0. The van der Waals surface area contributed by atoms with E-state index in [1.165, 1.54) is 6.33 Å². The second-order valence-electron chi connectivity index (χ2n) is 4.17. The molecule has 0 saturated carbocycles. The van der Waals surface area contributed by atoms with Gasteiger partial charge in [-0.2, -0.15) is 0 Å². The van der Waals surface area contributed by atoms with Gasteiger partial charge in [0.25, 0.3) is 0 Å². The minimum atomic E-state index is -0.279. The summed E-state index contributed by atoms with van der Waals surface area (Å²) < 4.78 is 13.1. The first-order valence-electron chi connectivity index (χ1n) is 6.36. The lowest BCUT2D eigenvalue weighted by Crippen LogP contribution is -2.23. The zero-order valence-electron chi connectivity index (χ0n) is 11.4. The third-order valence-corrected chi connectivity index (χ3v) is 3.13. The summed E-state index contributed by atoms with van der Waals surface area (Å²) in [6.45, 7) is 7.69. The van der Waals surface area contributed by atoms with Gasteiger partial charge >= 0.3 is 0 Å². The fourth-order valence-electron chi connectivity index (χ4n) is 2.10. The molecule has 19 heavy (non-hydrogen) atoms. The molecule has 0 fully saturated rings. The van der Waals surface area contributed by atoms with Gasteiger partial charge in [-0.15, -0.1) is 0 Å². The van der Waals surface area contributed by atoms with Crippen molar-refractivity contribution in [1.82, 2.24) is 14.5 Å². The van der Waals surface area contributed by atoms with Crippen LogP contribution in [-0.2, 0) is 16.0 Å². The number of aryl methyl sites for hydroxylation is 1. The molecule has 0 bridgehead atoms. The van der Waals surface area contributed by atoms with E-state index in [9.17, 15) is 0 Å². The maximum absolute atomic E-state index is 6.11. The molecule has 0 unspecified atom stereocenters. The Hall–Kier alpha value is -1.17. The molecule has 0 N–H and O–H groups in total. The van der Waals surface area contributed by atoms with Gasteiger partial charge in [0.1, 0.15) is 17.1 Å². The lowest BCUT2D eigenvalue weighted by atomic mass is 10.3. The van der Waals surface area contributed by atoms with Crippen LogP contribution in [0.2, 0.25) is 5.15 Å². The maximum Gasteiger partial charge on any atom is 0.175 e. The van der Waals surface area contributed by atoms with Crippen molar-refractivity contribution in [2.75, 3.05) is 13.2 Å². The van der Waals surface area contributed by atoms with Crippen LogP contribution in [-0.4, -0.2) is 34.0 Å². The Morgan fingerprint density at radius 1 is 1.26 bits per heavy atom. The lowest BCUT2D eigenvalue weighted by molar-refractivity contribution is -0.143. The van der Waals surface area contributed by atoms with Crippen LogP contribution in [0.15, 0.2) is 12.5 Å². The van der Waals surface area contributed by atoms with Crippen LogP contribution in [0.25, 0.3) is 11.0 Å². The molecule has 0 atom stereocenters. The molecule has 0 aliphatic rings. The standard InChI is InChI=1S/C13H18ClN3O2/c1-4-18-10(19-5-2)7-17-6-9(3)11-12(14)15-8-16-13(11)17/h6,8,10H,4-5,7H2,1-3H3. The van der Waals surface area contributed by atoms with Gasteiger partial charge in [-0.3, -0.25) is 0 Å². The van der Waals surface area contributed by atoms with Crippen molar-refractivity contribution in [3.63, 3.8) is 0 Å². The quantitative estimate of drug-likeness (QED) is 0.604. The second kappa shape index (κ2) is 6.32. The van der Waals surface area contributed by atoms with Crippen molar-refractivity contribution in [1.29, 1.82) is 0 Å². The van der Waals surface area contributed by atoms with E-state index in [1.807, 2.05) is 31.5 Å². The number of halogens is 1. The van der Waals surface area contributed by atoms with Crippen molar-refractivity contribution in [3.8, 4) is 0 Å². The number of ether oxygens (including phenoxy) is 2. The summed E-state index contributed by atoms with van der Waals surface area (Å²) in [7, 11) is 0. The predicted octanol–water partition coefficient (Wildman–Crippen LogP) is 2.79. The lowest BCUT2D eigenvalue weighted by Gasteiger charge is -2.17. The number of fused-ring (bicyclic) bond motifs is 1. The van der Waals surface area contributed by atoms with Gasteiger partial charge in [0, 0.05) is 19.4 Å². The summed E-state index contributed by atoms with van der Waals surface area (Å²) in [6.07, 6.45) is 3.19.